The molecule has 2 amide bonds. The van der Waals surface area contributed by atoms with Crippen molar-refractivity contribution < 1.29 is 24.2 Å². The normalized spacial score (nSPS) is 21.3. The average molecular weight is 463 g/mol. The van der Waals surface area contributed by atoms with Crippen LogP contribution in [0.25, 0.3) is 11.1 Å². The first-order chi connectivity index (χ1) is 16.5. The molecule has 0 saturated heterocycles. The molecule has 2 aromatic rings. The minimum absolute atomic E-state index is 0.00181. The molecule has 2 fully saturated rings. The summed E-state index contributed by atoms with van der Waals surface area (Å²) in [7, 11) is 0. The van der Waals surface area contributed by atoms with E-state index >= 15 is 0 Å². The maximum Gasteiger partial charge on any atom is 0.407 e. The summed E-state index contributed by atoms with van der Waals surface area (Å²) in [5, 5.41) is 12.1. The number of carbonyl (C=O) groups is 3. The van der Waals surface area contributed by atoms with Crippen LogP contribution in [0.5, 0.6) is 0 Å². The van der Waals surface area contributed by atoms with Crippen molar-refractivity contribution in [1.82, 2.24) is 10.2 Å². The Labute approximate surface area is 199 Å². The van der Waals surface area contributed by atoms with E-state index < -0.39 is 12.1 Å². The predicted octanol–water partition coefficient (Wildman–Crippen LogP) is 4.16. The van der Waals surface area contributed by atoms with Crippen LogP contribution < -0.4 is 5.32 Å². The Balaban J connectivity index is 1.18. The van der Waals surface area contributed by atoms with Crippen molar-refractivity contribution in [1.29, 1.82) is 0 Å². The van der Waals surface area contributed by atoms with E-state index in [4.69, 9.17) is 4.74 Å². The van der Waals surface area contributed by atoms with E-state index in [1.54, 1.807) is 0 Å². The predicted molar refractivity (Wildman–Crippen MR) is 126 cm³/mol. The first-order valence-corrected chi connectivity index (χ1v) is 12.1. The molecule has 2 atom stereocenters. The average Bonchev–Trinajstić information content (AvgIpc) is 3.63. The van der Waals surface area contributed by atoms with Gasteiger partial charge in [0.05, 0.1) is 0 Å². The number of rotatable bonds is 7. The summed E-state index contributed by atoms with van der Waals surface area (Å²) in [4.78, 5) is 38.4. The number of carbonyl (C=O) groups excluding carboxylic acids is 2. The Morgan fingerprint density at radius 2 is 1.59 bits per heavy atom. The van der Waals surface area contributed by atoms with Gasteiger partial charge in [-0.05, 0) is 54.4 Å². The first-order valence-electron chi connectivity index (χ1n) is 12.1. The van der Waals surface area contributed by atoms with Crippen molar-refractivity contribution in [2.75, 3.05) is 13.2 Å². The van der Waals surface area contributed by atoms with Gasteiger partial charge in [-0.15, -0.1) is 0 Å². The quantitative estimate of drug-likeness (QED) is 0.644. The van der Waals surface area contributed by atoms with Gasteiger partial charge in [0.15, 0.2) is 0 Å². The number of nitrogens with zero attached hydrogens (tertiary/aromatic N) is 1. The number of carboxylic acids is 1. The molecule has 0 aliphatic heterocycles. The van der Waals surface area contributed by atoms with E-state index in [9.17, 15) is 19.5 Å². The molecule has 0 aromatic heterocycles. The lowest BCUT2D eigenvalue weighted by atomic mass is 9.84. The molecule has 7 heteroatoms. The number of benzene rings is 2. The van der Waals surface area contributed by atoms with Crippen molar-refractivity contribution in [2.45, 2.75) is 56.5 Å². The highest BCUT2D eigenvalue weighted by Crippen LogP contribution is 2.44. The lowest BCUT2D eigenvalue weighted by Gasteiger charge is -2.32. The zero-order chi connectivity index (χ0) is 23.7. The zero-order valence-electron chi connectivity index (χ0n) is 19.1. The molecule has 5 rings (SSSR count). The molecule has 0 radical (unpaired) electrons. The number of hydrogen-bond acceptors (Lipinski definition) is 4. The Hall–Kier alpha value is -3.35. The highest BCUT2D eigenvalue weighted by atomic mass is 16.5. The molecule has 0 spiro atoms. The molecule has 2 N–H and O–H groups in total. The topological polar surface area (TPSA) is 95.9 Å². The fourth-order valence-electron chi connectivity index (χ4n) is 5.51. The van der Waals surface area contributed by atoms with Gasteiger partial charge < -0.3 is 20.1 Å². The Bertz CT molecular complexity index is 1050. The molecule has 3 aliphatic rings. The third-order valence-corrected chi connectivity index (χ3v) is 7.27. The summed E-state index contributed by atoms with van der Waals surface area (Å²) >= 11 is 0. The number of amides is 2. The maximum atomic E-state index is 13.0. The second-order valence-electron chi connectivity index (χ2n) is 9.62. The fourth-order valence-corrected chi connectivity index (χ4v) is 5.51. The third-order valence-electron chi connectivity index (χ3n) is 7.27. The van der Waals surface area contributed by atoms with Gasteiger partial charge in [0, 0.05) is 23.9 Å². The second kappa shape index (κ2) is 9.49. The van der Waals surface area contributed by atoms with Crippen LogP contribution in [0.3, 0.4) is 0 Å². The van der Waals surface area contributed by atoms with Gasteiger partial charge in [-0.25, -0.2) is 4.79 Å². The summed E-state index contributed by atoms with van der Waals surface area (Å²) in [6.07, 6.45) is 4.12. The van der Waals surface area contributed by atoms with Gasteiger partial charge in [-0.3, -0.25) is 9.59 Å². The Morgan fingerprint density at radius 1 is 0.941 bits per heavy atom. The lowest BCUT2D eigenvalue weighted by molar-refractivity contribution is -0.147. The highest BCUT2D eigenvalue weighted by molar-refractivity contribution is 5.84. The first kappa shape index (κ1) is 22.4. The molecule has 7 nitrogen and oxygen atoms in total. The number of nitrogens with one attached hydrogen (secondary N) is 1. The lowest BCUT2D eigenvalue weighted by Crippen LogP contribution is -2.46. The van der Waals surface area contributed by atoms with Gasteiger partial charge in [0.1, 0.15) is 13.2 Å². The van der Waals surface area contributed by atoms with Crippen LogP contribution in [0.1, 0.15) is 55.6 Å². The minimum Gasteiger partial charge on any atom is -0.480 e. The standard InChI is InChI=1S/C27H30N2O5/c30-25(31)15-29(19-12-13-19)26(32)17-6-5-7-18(14-17)28-27(33)34-16-24-22-10-3-1-8-20(22)21-9-2-4-11-23(21)24/h1-4,8-11,17-19,24H,5-7,12-16H2,(H,28,33)(H,30,31). The number of hydrogen-bond donors (Lipinski definition) is 2. The number of aliphatic carboxylic acids is 1. The number of ether oxygens (including phenoxy) is 1. The van der Waals surface area contributed by atoms with E-state index in [-0.39, 0.29) is 43.0 Å². The van der Waals surface area contributed by atoms with E-state index in [2.05, 4.69) is 29.6 Å². The van der Waals surface area contributed by atoms with Gasteiger partial charge in [0.2, 0.25) is 5.91 Å². The van der Waals surface area contributed by atoms with E-state index in [1.807, 2.05) is 24.3 Å². The van der Waals surface area contributed by atoms with Crippen LogP contribution in [-0.2, 0) is 14.3 Å². The SMILES string of the molecule is O=C(O)CN(C(=O)C1CCCC(NC(=O)OCC2c3ccccc3-c3ccccc32)C1)C1CC1. The molecule has 2 aromatic carbocycles. The maximum absolute atomic E-state index is 13.0. The molecule has 3 aliphatic carbocycles. The van der Waals surface area contributed by atoms with Crippen molar-refractivity contribution in [3.05, 3.63) is 59.7 Å². The van der Waals surface area contributed by atoms with Gasteiger partial charge >= 0.3 is 12.1 Å². The van der Waals surface area contributed by atoms with E-state index in [0.29, 0.717) is 6.42 Å². The van der Waals surface area contributed by atoms with Gasteiger partial charge in [-0.1, -0.05) is 55.0 Å². The molecular weight excluding hydrogens is 432 g/mol. The summed E-state index contributed by atoms with van der Waals surface area (Å²) in [6, 6.07) is 16.3. The Kier molecular flexibility index (Phi) is 6.26. The van der Waals surface area contributed by atoms with Gasteiger partial charge in [-0.2, -0.15) is 0 Å². The van der Waals surface area contributed by atoms with E-state index in [0.717, 1.165) is 32.1 Å². The Morgan fingerprint density at radius 3 is 2.21 bits per heavy atom. The highest BCUT2D eigenvalue weighted by Gasteiger charge is 2.39. The molecule has 34 heavy (non-hydrogen) atoms. The number of fused-ring (bicyclic) bond motifs is 3. The monoisotopic (exact) mass is 462 g/mol. The van der Waals surface area contributed by atoms with Crippen LogP contribution in [0.2, 0.25) is 0 Å². The minimum atomic E-state index is -0.982. The summed E-state index contributed by atoms with van der Waals surface area (Å²) in [6.45, 7) is 0.00742. The van der Waals surface area contributed by atoms with Crippen LogP contribution in [0, 0.1) is 5.92 Å². The number of alkyl carbamates (subject to hydrolysis) is 1. The van der Waals surface area contributed by atoms with Crippen molar-refractivity contribution in [3.8, 4) is 11.1 Å². The van der Waals surface area contributed by atoms with Crippen LogP contribution in [0.4, 0.5) is 4.79 Å². The number of carboxylic acid groups (broad SMARTS) is 1. The molecular formula is C27H30N2O5. The van der Waals surface area contributed by atoms with Crippen LogP contribution in [0.15, 0.2) is 48.5 Å². The molecule has 0 heterocycles. The molecule has 0 bridgehead atoms. The summed E-state index contributed by atoms with van der Waals surface area (Å²) in [5.41, 5.74) is 4.70. The van der Waals surface area contributed by atoms with Crippen LogP contribution in [-0.4, -0.2) is 53.2 Å². The third kappa shape index (κ3) is 4.65. The zero-order valence-corrected chi connectivity index (χ0v) is 19.1. The van der Waals surface area contributed by atoms with Crippen LogP contribution >= 0.6 is 0 Å². The van der Waals surface area contributed by atoms with Crippen molar-refractivity contribution in [2.24, 2.45) is 5.92 Å². The largest absolute Gasteiger partial charge is 0.480 e. The summed E-state index contributed by atoms with van der Waals surface area (Å²) < 4.78 is 5.66. The van der Waals surface area contributed by atoms with Crippen molar-refractivity contribution >= 4 is 18.0 Å². The molecule has 2 unspecified atom stereocenters. The summed E-state index contributed by atoms with van der Waals surface area (Å²) in [5.74, 6) is -1.33. The van der Waals surface area contributed by atoms with E-state index in [1.165, 1.54) is 27.2 Å². The molecule has 178 valence electrons. The van der Waals surface area contributed by atoms with Gasteiger partial charge in [0.25, 0.3) is 0 Å². The molecule has 2 saturated carbocycles. The smallest absolute Gasteiger partial charge is 0.407 e. The fraction of sp³-hybridized carbons (Fsp3) is 0.444. The second-order valence-corrected chi connectivity index (χ2v) is 9.62. The van der Waals surface area contributed by atoms with Crippen molar-refractivity contribution in [3.63, 3.8) is 0 Å².